The van der Waals surface area contributed by atoms with Gasteiger partial charge < -0.3 is 25.2 Å². The number of methoxy groups -OCH3 is 1. The summed E-state index contributed by atoms with van der Waals surface area (Å²) in [5, 5.41) is 13.9. The van der Waals surface area contributed by atoms with Crippen molar-refractivity contribution in [2.24, 2.45) is 0 Å². The Morgan fingerprint density at radius 3 is 2.55 bits per heavy atom. The molecule has 3 atom stereocenters. The Balaban J connectivity index is 1.83. The van der Waals surface area contributed by atoms with Crippen LogP contribution in [0.5, 0.6) is 5.75 Å². The van der Waals surface area contributed by atoms with Crippen LogP contribution >= 0.6 is 0 Å². The molecule has 1 aliphatic heterocycles. The fourth-order valence-electron chi connectivity index (χ4n) is 3.50. The minimum Gasteiger partial charge on any atom is -0.491 e. The molecule has 4 amide bonds. The lowest BCUT2D eigenvalue weighted by Crippen LogP contribution is -2.53. The lowest BCUT2D eigenvalue weighted by molar-refractivity contribution is -0.137. The fourth-order valence-corrected chi connectivity index (χ4v) is 3.50. The van der Waals surface area contributed by atoms with Crippen LogP contribution < -0.4 is 15.4 Å². The van der Waals surface area contributed by atoms with Gasteiger partial charge in [0.2, 0.25) is 0 Å². The first-order chi connectivity index (χ1) is 15.8. The standard InChI is InChI=1S/C23H26FN3O6/c1-13-4-9-18(17(24)12-13)25-21(29)20(14(2)32-3)27-22(30)19(26-23(27)31)15-5-7-16(8-6-15)33-11-10-28/h4-9,12,14,19-20,28H,10-11H2,1-3H3,(H,25,29)(H,26,31)/t14?,19-,20?/m1/s1. The number of aryl methyl sites for hydroxylation is 1. The Labute approximate surface area is 190 Å². The summed E-state index contributed by atoms with van der Waals surface area (Å²) in [4.78, 5) is 39.8. The topological polar surface area (TPSA) is 117 Å². The SMILES string of the molecule is COC(C)C(C(=O)Nc1ccc(C)cc1F)N1C(=O)N[C@H](c2ccc(OCCO)cc2)C1=O. The van der Waals surface area contributed by atoms with E-state index >= 15 is 0 Å². The van der Waals surface area contributed by atoms with E-state index in [0.717, 1.165) is 4.90 Å². The molecule has 0 aliphatic carbocycles. The van der Waals surface area contributed by atoms with Gasteiger partial charge in [-0.1, -0.05) is 18.2 Å². The number of imide groups is 1. The van der Waals surface area contributed by atoms with Gasteiger partial charge in [0.05, 0.1) is 18.4 Å². The summed E-state index contributed by atoms with van der Waals surface area (Å²) in [5.74, 6) is -1.54. The van der Waals surface area contributed by atoms with Gasteiger partial charge in [0.1, 0.15) is 30.3 Å². The number of benzene rings is 2. The first-order valence-electron chi connectivity index (χ1n) is 10.3. The Kier molecular flexibility index (Phi) is 7.62. The zero-order valence-corrected chi connectivity index (χ0v) is 18.5. The van der Waals surface area contributed by atoms with Gasteiger partial charge in [-0.05, 0) is 49.2 Å². The van der Waals surface area contributed by atoms with E-state index in [2.05, 4.69) is 10.6 Å². The van der Waals surface area contributed by atoms with Crippen molar-refractivity contribution >= 4 is 23.5 Å². The number of aliphatic hydroxyl groups is 1. The molecule has 3 N–H and O–H groups in total. The first-order valence-corrected chi connectivity index (χ1v) is 10.3. The summed E-state index contributed by atoms with van der Waals surface area (Å²) in [6.45, 7) is 3.24. The maximum absolute atomic E-state index is 14.3. The van der Waals surface area contributed by atoms with E-state index in [1.54, 1.807) is 37.3 Å². The van der Waals surface area contributed by atoms with Crippen molar-refractivity contribution in [3.63, 3.8) is 0 Å². The maximum atomic E-state index is 14.3. The summed E-state index contributed by atoms with van der Waals surface area (Å²) >= 11 is 0. The minimum absolute atomic E-state index is 0.0685. The van der Waals surface area contributed by atoms with Crippen LogP contribution in [0.1, 0.15) is 24.1 Å². The third-order valence-corrected chi connectivity index (χ3v) is 5.29. The van der Waals surface area contributed by atoms with Gasteiger partial charge in [-0.25, -0.2) is 14.1 Å². The molecule has 176 valence electrons. The summed E-state index contributed by atoms with van der Waals surface area (Å²) in [6, 6.07) is 7.62. The maximum Gasteiger partial charge on any atom is 0.325 e. The van der Waals surface area contributed by atoms with Crippen molar-refractivity contribution < 1.29 is 33.4 Å². The zero-order chi connectivity index (χ0) is 24.1. The number of hydrogen-bond acceptors (Lipinski definition) is 6. The van der Waals surface area contributed by atoms with Gasteiger partial charge in [-0.15, -0.1) is 0 Å². The largest absolute Gasteiger partial charge is 0.491 e. The number of aliphatic hydroxyl groups excluding tert-OH is 1. The number of carbonyl (C=O) groups excluding carboxylic acids is 3. The highest BCUT2D eigenvalue weighted by Gasteiger charge is 2.47. The van der Waals surface area contributed by atoms with Crippen molar-refractivity contribution in [3.05, 3.63) is 59.4 Å². The van der Waals surface area contributed by atoms with Crippen molar-refractivity contribution in [2.45, 2.75) is 32.0 Å². The van der Waals surface area contributed by atoms with Crippen LogP contribution in [0, 0.1) is 12.7 Å². The van der Waals surface area contributed by atoms with Crippen LogP contribution in [0.3, 0.4) is 0 Å². The number of amides is 4. The minimum atomic E-state index is -1.33. The number of rotatable bonds is 9. The lowest BCUT2D eigenvalue weighted by atomic mass is 10.0. The second-order valence-corrected chi connectivity index (χ2v) is 7.59. The number of ether oxygens (including phenoxy) is 2. The number of nitrogens with one attached hydrogen (secondary N) is 2. The molecule has 0 aromatic heterocycles. The van der Waals surface area contributed by atoms with Crippen LogP contribution in [0.4, 0.5) is 14.9 Å². The normalized spacial score (nSPS) is 17.5. The molecule has 9 nitrogen and oxygen atoms in total. The van der Waals surface area contributed by atoms with Gasteiger partial charge in [0.15, 0.2) is 0 Å². The highest BCUT2D eigenvalue weighted by atomic mass is 19.1. The number of carbonyl (C=O) groups is 3. The van der Waals surface area contributed by atoms with E-state index in [1.807, 2.05) is 0 Å². The molecule has 2 unspecified atom stereocenters. The number of hydrogen-bond donors (Lipinski definition) is 3. The van der Waals surface area contributed by atoms with Crippen molar-refractivity contribution in [1.82, 2.24) is 10.2 Å². The van der Waals surface area contributed by atoms with Gasteiger partial charge in [0, 0.05) is 7.11 Å². The van der Waals surface area contributed by atoms with Crippen molar-refractivity contribution in [3.8, 4) is 5.75 Å². The van der Waals surface area contributed by atoms with Crippen molar-refractivity contribution in [2.75, 3.05) is 25.6 Å². The zero-order valence-electron chi connectivity index (χ0n) is 18.5. The monoisotopic (exact) mass is 459 g/mol. The van der Waals surface area contributed by atoms with Crippen LogP contribution in [0.2, 0.25) is 0 Å². The van der Waals surface area contributed by atoms with Crippen LogP contribution in [0.15, 0.2) is 42.5 Å². The molecule has 1 heterocycles. The molecular weight excluding hydrogens is 433 g/mol. The first kappa shape index (κ1) is 24.1. The molecule has 1 saturated heterocycles. The lowest BCUT2D eigenvalue weighted by Gasteiger charge is -2.28. The number of nitrogens with zero attached hydrogens (tertiary/aromatic N) is 1. The summed E-state index contributed by atoms with van der Waals surface area (Å²) < 4.78 is 24.8. The van der Waals surface area contributed by atoms with Gasteiger partial charge in [-0.2, -0.15) is 0 Å². The molecule has 3 rings (SSSR count). The second kappa shape index (κ2) is 10.4. The van der Waals surface area contributed by atoms with Crippen LogP contribution in [-0.4, -0.2) is 60.3 Å². The number of anilines is 1. The van der Waals surface area contributed by atoms with Gasteiger partial charge >= 0.3 is 6.03 Å². The molecule has 1 fully saturated rings. The molecule has 0 bridgehead atoms. The summed E-state index contributed by atoms with van der Waals surface area (Å²) in [7, 11) is 1.35. The molecule has 33 heavy (non-hydrogen) atoms. The Morgan fingerprint density at radius 2 is 1.94 bits per heavy atom. The van der Waals surface area contributed by atoms with Gasteiger partial charge in [-0.3, -0.25) is 9.59 Å². The smallest absolute Gasteiger partial charge is 0.325 e. The quantitative estimate of drug-likeness (QED) is 0.495. The highest BCUT2D eigenvalue weighted by molar-refractivity contribution is 6.09. The van der Waals surface area contributed by atoms with E-state index in [-0.39, 0.29) is 18.9 Å². The third-order valence-electron chi connectivity index (χ3n) is 5.29. The second-order valence-electron chi connectivity index (χ2n) is 7.59. The van der Waals surface area contributed by atoms with E-state index < -0.39 is 41.9 Å². The van der Waals surface area contributed by atoms with Gasteiger partial charge in [0.25, 0.3) is 11.8 Å². The summed E-state index contributed by atoms with van der Waals surface area (Å²) in [6.07, 6.45) is -0.860. The van der Waals surface area contributed by atoms with E-state index in [0.29, 0.717) is 16.9 Å². The molecule has 2 aromatic rings. The molecular formula is C23H26FN3O6. The van der Waals surface area contributed by atoms with E-state index in [9.17, 15) is 18.8 Å². The predicted octanol–water partition coefficient (Wildman–Crippen LogP) is 2.14. The Bertz CT molecular complexity index is 1030. The van der Waals surface area contributed by atoms with Crippen LogP contribution in [0.25, 0.3) is 0 Å². The Morgan fingerprint density at radius 1 is 1.24 bits per heavy atom. The average Bonchev–Trinajstić information content (AvgIpc) is 3.08. The highest BCUT2D eigenvalue weighted by Crippen LogP contribution is 2.27. The molecule has 0 radical (unpaired) electrons. The Hall–Kier alpha value is -3.50. The van der Waals surface area contributed by atoms with E-state index in [1.165, 1.54) is 26.2 Å². The van der Waals surface area contributed by atoms with Crippen LogP contribution in [-0.2, 0) is 14.3 Å². The van der Waals surface area contributed by atoms with E-state index in [4.69, 9.17) is 14.6 Å². The molecule has 0 spiro atoms. The number of urea groups is 1. The molecule has 2 aromatic carbocycles. The predicted molar refractivity (Wildman–Crippen MR) is 117 cm³/mol. The fraction of sp³-hybridized carbons (Fsp3) is 0.348. The average molecular weight is 459 g/mol. The molecule has 0 saturated carbocycles. The summed E-state index contributed by atoms with van der Waals surface area (Å²) in [5.41, 5.74) is 1.10. The molecule has 1 aliphatic rings. The molecule has 10 heteroatoms. The van der Waals surface area contributed by atoms with Crippen molar-refractivity contribution in [1.29, 1.82) is 0 Å². The third kappa shape index (κ3) is 5.29. The number of halogens is 1.